The maximum Gasteiger partial charge on any atom is 0.271 e. The van der Waals surface area contributed by atoms with Gasteiger partial charge in [0, 0.05) is 18.2 Å². The topological polar surface area (TPSA) is 111 Å². The fraction of sp³-hybridized carbons (Fsp3) is 0.217. The molecule has 0 unspecified atom stereocenters. The van der Waals surface area contributed by atoms with Gasteiger partial charge in [0.25, 0.3) is 17.5 Å². The summed E-state index contributed by atoms with van der Waals surface area (Å²) in [4.78, 5) is 35.6. The predicted octanol–water partition coefficient (Wildman–Crippen LogP) is 4.21. The van der Waals surface area contributed by atoms with Crippen molar-refractivity contribution >= 4 is 34.0 Å². The van der Waals surface area contributed by atoms with Crippen LogP contribution in [0.25, 0.3) is 10.8 Å². The number of nitro benzene ring substituents is 1. The number of anilines is 1. The van der Waals surface area contributed by atoms with Gasteiger partial charge in [0.1, 0.15) is 5.75 Å². The second-order valence-electron chi connectivity index (χ2n) is 7.42. The van der Waals surface area contributed by atoms with Crippen molar-refractivity contribution in [2.24, 2.45) is 0 Å². The smallest absolute Gasteiger partial charge is 0.271 e. The van der Waals surface area contributed by atoms with Crippen LogP contribution in [0, 0.1) is 17.0 Å². The van der Waals surface area contributed by atoms with Crippen LogP contribution in [0.1, 0.15) is 29.8 Å². The number of aryl methyl sites for hydroxylation is 1. The van der Waals surface area contributed by atoms with E-state index >= 15 is 0 Å². The van der Waals surface area contributed by atoms with Crippen LogP contribution in [-0.4, -0.2) is 29.4 Å². The van der Waals surface area contributed by atoms with Crippen LogP contribution < -0.4 is 15.4 Å². The number of hydrogen-bond acceptors (Lipinski definition) is 5. The van der Waals surface area contributed by atoms with Crippen molar-refractivity contribution in [2.75, 3.05) is 11.9 Å². The number of rotatable bonds is 7. The van der Waals surface area contributed by atoms with Gasteiger partial charge in [-0.15, -0.1) is 0 Å². The molecule has 160 valence electrons. The summed E-state index contributed by atoms with van der Waals surface area (Å²) < 4.78 is 5.68. The number of carbonyl (C=O) groups excluding carboxylic acids is 2. The SMILES string of the molecule is Cc1ccc([N+](=O)[O-])cc1NC(=O)c1cc2ccccc2cc1OCC(=O)NC(C)C. The second-order valence-corrected chi connectivity index (χ2v) is 7.42. The van der Waals surface area contributed by atoms with Gasteiger partial charge < -0.3 is 15.4 Å². The first-order valence-electron chi connectivity index (χ1n) is 9.76. The molecule has 31 heavy (non-hydrogen) atoms. The summed E-state index contributed by atoms with van der Waals surface area (Å²) in [6.45, 7) is 5.18. The molecule has 0 atom stereocenters. The molecule has 0 fully saturated rings. The lowest BCUT2D eigenvalue weighted by atomic mass is 10.0. The average Bonchev–Trinajstić information content (AvgIpc) is 2.72. The summed E-state index contributed by atoms with van der Waals surface area (Å²) in [5.41, 5.74) is 1.11. The highest BCUT2D eigenvalue weighted by Gasteiger charge is 2.18. The molecule has 8 heteroatoms. The van der Waals surface area contributed by atoms with Gasteiger partial charge in [-0.1, -0.05) is 30.3 Å². The van der Waals surface area contributed by atoms with Crippen LogP contribution in [0.5, 0.6) is 5.75 Å². The van der Waals surface area contributed by atoms with E-state index in [9.17, 15) is 19.7 Å². The molecule has 8 nitrogen and oxygen atoms in total. The number of nitro groups is 1. The molecular weight excluding hydrogens is 398 g/mol. The van der Waals surface area contributed by atoms with Crippen LogP contribution in [0.4, 0.5) is 11.4 Å². The third kappa shape index (κ3) is 5.36. The highest BCUT2D eigenvalue weighted by molar-refractivity contribution is 6.09. The number of fused-ring (bicyclic) bond motifs is 1. The number of ether oxygens (including phenoxy) is 1. The van der Waals surface area contributed by atoms with Crippen LogP contribution >= 0.6 is 0 Å². The Balaban J connectivity index is 1.93. The Morgan fingerprint density at radius 3 is 2.39 bits per heavy atom. The fourth-order valence-electron chi connectivity index (χ4n) is 3.07. The van der Waals surface area contributed by atoms with Crippen molar-refractivity contribution in [3.63, 3.8) is 0 Å². The van der Waals surface area contributed by atoms with Crippen molar-refractivity contribution in [3.8, 4) is 5.75 Å². The monoisotopic (exact) mass is 421 g/mol. The van der Waals surface area contributed by atoms with Crippen LogP contribution in [0.15, 0.2) is 54.6 Å². The van der Waals surface area contributed by atoms with E-state index in [1.165, 1.54) is 12.1 Å². The maximum absolute atomic E-state index is 13.1. The number of amides is 2. The number of non-ortho nitro benzene ring substituents is 1. The van der Waals surface area contributed by atoms with Crippen LogP contribution in [0.2, 0.25) is 0 Å². The van der Waals surface area contributed by atoms with Gasteiger partial charge >= 0.3 is 0 Å². The molecular formula is C23H23N3O5. The third-order valence-electron chi connectivity index (χ3n) is 4.58. The summed E-state index contributed by atoms with van der Waals surface area (Å²) in [5, 5.41) is 18.2. The van der Waals surface area contributed by atoms with Crippen molar-refractivity contribution in [3.05, 3.63) is 75.8 Å². The molecule has 2 amide bonds. The Morgan fingerprint density at radius 1 is 1.06 bits per heavy atom. The summed E-state index contributed by atoms with van der Waals surface area (Å²) in [7, 11) is 0. The minimum atomic E-state index is -0.521. The van der Waals surface area contributed by atoms with Crippen molar-refractivity contribution in [1.82, 2.24) is 5.32 Å². The van der Waals surface area contributed by atoms with E-state index in [0.717, 1.165) is 10.8 Å². The molecule has 0 bridgehead atoms. The highest BCUT2D eigenvalue weighted by Crippen LogP contribution is 2.28. The number of benzene rings is 3. The number of nitrogens with zero attached hydrogens (tertiary/aromatic N) is 1. The largest absolute Gasteiger partial charge is 0.483 e. The van der Waals surface area contributed by atoms with Crippen molar-refractivity contribution in [2.45, 2.75) is 26.8 Å². The van der Waals surface area contributed by atoms with Crippen LogP contribution in [0.3, 0.4) is 0 Å². The van der Waals surface area contributed by atoms with E-state index in [4.69, 9.17) is 4.74 Å². The number of nitrogens with one attached hydrogen (secondary N) is 2. The average molecular weight is 421 g/mol. The maximum atomic E-state index is 13.1. The Morgan fingerprint density at radius 2 is 1.74 bits per heavy atom. The first kappa shape index (κ1) is 21.8. The van der Waals surface area contributed by atoms with Gasteiger partial charge in [-0.05, 0) is 49.2 Å². The lowest BCUT2D eigenvalue weighted by Gasteiger charge is -2.15. The normalized spacial score (nSPS) is 10.7. The van der Waals surface area contributed by atoms with E-state index in [-0.39, 0.29) is 35.6 Å². The molecule has 0 aliphatic heterocycles. The molecule has 0 aliphatic carbocycles. The Kier molecular flexibility index (Phi) is 6.49. The molecule has 3 aromatic rings. The summed E-state index contributed by atoms with van der Waals surface area (Å²) in [6.07, 6.45) is 0. The predicted molar refractivity (Wildman–Crippen MR) is 119 cm³/mol. The van der Waals surface area contributed by atoms with Gasteiger partial charge in [-0.2, -0.15) is 0 Å². The third-order valence-corrected chi connectivity index (χ3v) is 4.58. The quantitative estimate of drug-likeness (QED) is 0.438. The first-order valence-corrected chi connectivity index (χ1v) is 9.76. The minimum Gasteiger partial charge on any atom is -0.483 e. The Labute approximate surface area is 179 Å². The molecule has 0 radical (unpaired) electrons. The molecule has 0 spiro atoms. The fourth-order valence-corrected chi connectivity index (χ4v) is 3.07. The molecule has 0 aliphatic rings. The zero-order valence-electron chi connectivity index (χ0n) is 17.5. The van der Waals surface area contributed by atoms with Gasteiger partial charge in [0.15, 0.2) is 6.61 Å². The zero-order valence-corrected chi connectivity index (χ0v) is 17.5. The lowest BCUT2D eigenvalue weighted by molar-refractivity contribution is -0.384. The van der Waals surface area contributed by atoms with Crippen molar-refractivity contribution in [1.29, 1.82) is 0 Å². The van der Waals surface area contributed by atoms with Crippen LogP contribution in [-0.2, 0) is 4.79 Å². The summed E-state index contributed by atoms with van der Waals surface area (Å²) in [6, 6.07) is 15.1. The van der Waals surface area contributed by atoms with Gasteiger partial charge in [0.05, 0.1) is 16.2 Å². The van der Waals surface area contributed by atoms with E-state index in [2.05, 4.69) is 10.6 Å². The van der Waals surface area contributed by atoms with Gasteiger partial charge in [-0.25, -0.2) is 0 Å². The molecule has 0 saturated heterocycles. The molecule has 0 heterocycles. The van der Waals surface area contributed by atoms with E-state index < -0.39 is 10.8 Å². The van der Waals surface area contributed by atoms with Gasteiger partial charge in [0.2, 0.25) is 0 Å². The minimum absolute atomic E-state index is 0.0349. The second kappa shape index (κ2) is 9.25. The molecule has 0 aromatic heterocycles. The lowest BCUT2D eigenvalue weighted by Crippen LogP contribution is -2.34. The molecule has 3 rings (SSSR count). The van der Waals surface area contributed by atoms with Crippen molar-refractivity contribution < 1.29 is 19.2 Å². The Bertz CT molecular complexity index is 1160. The van der Waals surface area contributed by atoms with E-state index in [0.29, 0.717) is 11.3 Å². The summed E-state index contributed by atoms with van der Waals surface area (Å²) >= 11 is 0. The Hall–Kier alpha value is -3.94. The number of hydrogen-bond donors (Lipinski definition) is 2. The number of carbonyl (C=O) groups is 2. The van der Waals surface area contributed by atoms with E-state index in [1.807, 2.05) is 38.1 Å². The van der Waals surface area contributed by atoms with Gasteiger partial charge in [-0.3, -0.25) is 19.7 Å². The molecule has 2 N–H and O–H groups in total. The standard InChI is InChI=1S/C23H23N3O5/c1-14(2)24-22(27)13-31-21-11-17-7-5-4-6-16(17)10-19(21)23(28)25-20-12-18(26(29)30)9-8-15(20)3/h4-12,14H,13H2,1-3H3,(H,24,27)(H,25,28). The highest BCUT2D eigenvalue weighted by atomic mass is 16.6. The van der Waals surface area contributed by atoms with E-state index in [1.54, 1.807) is 25.1 Å². The molecule has 0 saturated carbocycles. The summed E-state index contributed by atoms with van der Waals surface area (Å²) in [5.74, 6) is -0.546. The first-order chi connectivity index (χ1) is 14.7. The molecule has 3 aromatic carbocycles. The zero-order chi connectivity index (χ0) is 22.5.